The van der Waals surface area contributed by atoms with E-state index >= 15 is 0 Å². The standard InChI is InChI=1S/C17H18N6O/c1-12(15-7-6-13(2)24-15)9-14-10-22(21-18-14)11-17-20-19-16-5-3-4-8-23(16)17/h3-8,10,12H,9,11H2,1-2H3/t12-/m0/s1. The minimum absolute atomic E-state index is 0.262. The number of hydrogen-bond acceptors (Lipinski definition) is 5. The smallest absolute Gasteiger partial charge is 0.160 e. The van der Waals surface area contributed by atoms with Gasteiger partial charge in [-0.25, -0.2) is 4.68 Å². The van der Waals surface area contributed by atoms with Gasteiger partial charge in [-0.3, -0.25) is 4.40 Å². The van der Waals surface area contributed by atoms with Gasteiger partial charge in [0.25, 0.3) is 0 Å². The fourth-order valence-corrected chi connectivity index (χ4v) is 2.79. The first kappa shape index (κ1) is 14.6. The number of rotatable bonds is 5. The summed E-state index contributed by atoms with van der Waals surface area (Å²) < 4.78 is 9.43. The molecule has 0 bridgehead atoms. The molecule has 0 amide bonds. The average Bonchev–Trinajstić information content (AvgIpc) is 3.29. The molecule has 24 heavy (non-hydrogen) atoms. The summed E-state index contributed by atoms with van der Waals surface area (Å²) in [5, 5.41) is 16.8. The van der Waals surface area contributed by atoms with Crippen molar-refractivity contribution < 1.29 is 4.42 Å². The number of aromatic nitrogens is 6. The first-order valence-electron chi connectivity index (χ1n) is 7.93. The third-order valence-corrected chi connectivity index (χ3v) is 4.04. The molecule has 0 saturated carbocycles. The van der Waals surface area contributed by atoms with Crippen molar-refractivity contribution in [2.45, 2.75) is 32.7 Å². The van der Waals surface area contributed by atoms with E-state index in [0.29, 0.717) is 6.54 Å². The summed E-state index contributed by atoms with van der Waals surface area (Å²) in [5.41, 5.74) is 1.76. The lowest BCUT2D eigenvalue weighted by Gasteiger charge is -2.05. The molecule has 0 radical (unpaired) electrons. The van der Waals surface area contributed by atoms with Gasteiger partial charge in [0.2, 0.25) is 0 Å². The van der Waals surface area contributed by atoms with Gasteiger partial charge in [-0.05, 0) is 31.2 Å². The summed E-state index contributed by atoms with van der Waals surface area (Å²) in [7, 11) is 0. The third-order valence-electron chi connectivity index (χ3n) is 4.04. The maximum atomic E-state index is 5.68. The molecule has 4 aromatic heterocycles. The Bertz CT molecular complexity index is 966. The lowest BCUT2D eigenvalue weighted by atomic mass is 10.0. The largest absolute Gasteiger partial charge is 0.466 e. The van der Waals surface area contributed by atoms with Gasteiger partial charge >= 0.3 is 0 Å². The van der Waals surface area contributed by atoms with Crippen molar-refractivity contribution in [3.05, 3.63) is 65.8 Å². The molecule has 0 fully saturated rings. The fraction of sp³-hybridized carbons (Fsp3) is 0.294. The van der Waals surface area contributed by atoms with E-state index < -0.39 is 0 Å². The predicted molar refractivity (Wildman–Crippen MR) is 87.7 cm³/mol. The van der Waals surface area contributed by atoms with E-state index in [1.165, 1.54) is 0 Å². The first-order valence-corrected chi connectivity index (χ1v) is 7.93. The quantitative estimate of drug-likeness (QED) is 0.564. The molecule has 7 nitrogen and oxygen atoms in total. The fourth-order valence-electron chi connectivity index (χ4n) is 2.79. The van der Waals surface area contributed by atoms with Crippen LogP contribution >= 0.6 is 0 Å². The highest BCUT2D eigenvalue weighted by Crippen LogP contribution is 2.21. The second kappa shape index (κ2) is 5.92. The van der Waals surface area contributed by atoms with Crippen molar-refractivity contribution >= 4 is 5.65 Å². The van der Waals surface area contributed by atoms with Gasteiger partial charge in [0.15, 0.2) is 11.5 Å². The summed E-state index contributed by atoms with van der Waals surface area (Å²) in [6.07, 6.45) is 4.69. The van der Waals surface area contributed by atoms with Crippen molar-refractivity contribution in [3.8, 4) is 0 Å². The van der Waals surface area contributed by atoms with E-state index in [2.05, 4.69) is 27.4 Å². The molecule has 0 aromatic carbocycles. The molecule has 0 aliphatic carbocycles. The molecule has 0 aliphatic rings. The molecule has 0 unspecified atom stereocenters. The molecule has 122 valence electrons. The normalized spacial score (nSPS) is 12.8. The zero-order valence-electron chi connectivity index (χ0n) is 13.6. The van der Waals surface area contributed by atoms with Gasteiger partial charge in [-0.15, -0.1) is 15.3 Å². The molecule has 4 heterocycles. The van der Waals surface area contributed by atoms with E-state index in [0.717, 1.165) is 35.1 Å². The molecule has 0 N–H and O–H groups in total. The summed E-state index contributed by atoms with van der Waals surface area (Å²) in [6, 6.07) is 9.83. The van der Waals surface area contributed by atoms with Crippen LogP contribution in [0.25, 0.3) is 5.65 Å². The number of nitrogens with zero attached hydrogens (tertiary/aromatic N) is 6. The van der Waals surface area contributed by atoms with Crippen molar-refractivity contribution in [3.63, 3.8) is 0 Å². The highest BCUT2D eigenvalue weighted by atomic mass is 16.3. The maximum Gasteiger partial charge on any atom is 0.160 e. The van der Waals surface area contributed by atoms with Crippen LogP contribution in [0.1, 0.15) is 35.9 Å². The van der Waals surface area contributed by atoms with E-state index in [9.17, 15) is 0 Å². The Morgan fingerprint density at radius 2 is 2.04 bits per heavy atom. The van der Waals surface area contributed by atoms with Crippen LogP contribution in [0.5, 0.6) is 0 Å². The zero-order chi connectivity index (χ0) is 16.5. The monoisotopic (exact) mass is 322 g/mol. The van der Waals surface area contributed by atoms with Gasteiger partial charge in [-0.2, -0.15) is 0 Å². The third kappa shape index (κ3) is 2.80. The van der Waals surface area contributed by atoms with Crippen LogP contribution in [0.2, 0.25) is 0 Å². The van der Waals surface area contributed by atoms with Crippen molar-refractivity contribution in [1.82, 2.24) is 29.6 Å². The second-order valence-corrected chi connectivity index (χ2v) is 6.01. The number of pyridine rings is 1. The molecular weight excluding hydrogens is 304 g/mol. The SMILES string of the molecule is Cc1ccc([C@@H](C)Cc2cn(Cc3nnc4ccccn34)nn2)o1. The number of hydrogen-bond donors (Lipinski definition) is 0. The Balaban J connectivity index is 1.48. The minimum Gasteiger partial charge on any atom is -0.466 e. The van der Waals surface area contributed by atoms with Crippen LogP contribution in [0, 0.1) is 6.92 Å². The summed E-state index contributed by atoms with van der Waals surface area (Å²) in [5.74, 6) is 3.00. The van der Waals surface area contributed by atoms with E-state index in [1.54, 1.807) is 4.68 Å². The van der Waals surface area contributed by atoms with Gasteiger partial charge in [0.05, 0.1) is 5.69 Å². The zero-order valence-corrected chi connectivity index (χ0v) is 13.6. The van der Waals surface area contributed by atoms with Crippen LogP contribution in [-0.4, -0.2) is 29.6 Å². The van der Waals surface area contributed by atoms with Gasteiger partial charge in [-0.1, -0.05) is 18.2 Å². The van der Waals surface area contributed by atoms with E-state index in [4.69, 9.17) is 4.42 Å². The van der Waals surface area contributed by atoms with Crippen LogP contribution in [0.4, 0.5) is 0 Å². The highest BCUT2D eigenvalue weighted by Gasteiger charge is 2.13. The molecule has 7 heteroatoms. The van der Waals surface area contributed by atoms with Gasteiger partial charge < -0.3 is 4.42 Å². The molecule has 4 rings (SSSR count). The highest BCUT2D eigenvalue weighted by molar-refractivity contribution is 5.36. The predicted octanol–water partition coefficient (Wildman–Crippen LogP) is 2.62. The molecule has 0 spiro atoms. The second-order valence-electron chi connectivity index (χ2n) is 6.01. The summed E-state index contributed by atoms with van der Waals surface area (Å²) in [6.45, 7) is 4.62. The molecule has 4 aromatic rings. The first-order chi connectivity index (χ1) is 11.7. The van der Waals surface area contributed by atoms with Crippen LogP contribution in [-0.2, 0) is 13.0 Å². The van der Waals surface area contributed by atoms with Gasteiger partial charge in [0, 0.05) is 24.7 Å². The van der Waals surface area contributed by atoms with Crippen LogP contribution in [0.15, 0.2) is 47.1 Å². The molecular formula is C17H18N6O. The van der Waals surface area contributed by atoms with Gasteiger partial charge in [0.1, 0.15) is 18.1 Å². The maximum absolute atomic E-state index is 5.68. The minimum atomic E-state index is 0.262. The summed E-state index contributed by atoms with van der Waals surface area (Å²) >= 11 is 0. The summed E-state index contributed by atoms with van der Waals surface area (Å²) in [4.78, 5) is 0. The lowest BCUT2D eigenvalue weighted by Crippen LogP contribution is -2.04. The van der Waals surface area contributed by atoms with Crippen molar-refractivity contribution in [2.75, 3.05) is 0 Å². The average molecular weight is 322 g/mol. The Morgan fingerprint density at radius 1 is 1.12 bits per heavy atom. The Labute approximate surface area is 138 Å². The Hall–Kier alpha value is -2.96. The topological polar surface area (TPSA) is 74.0 Å². The number of fused-ring (bicyclic) bond motifs is 1. The molecule has 1 atom stereocenters. The molecule has 0 aliphatic heterocycles. The Morgan fingerprint density at radius 3 is 2.88 bits per heavy atom. The number of furan rings is 1. The van der Waals surface area contributed by atoms with Crippen LogP contribution in [0.3, 0.4) is 0 Å². The van der Waals surface area contributed by atoms with Crippen LogP contribution < -0.4 is 0 Å². The number of aryl methyl sites for hydroxylation is 1. The van der Waals surface area contributed by atoms with E-state index in [1.807, 2.05) is 54.0 Å². The Kier molecular flexibility index (Phi) is 3.60. The van der Waals surface area contributed by atoms with E-state index in [-0.39, 0.29) is 5.92 Å². The van der Waals surface area contributed by atoms with Crippen molar-refractivity contribution in [2.24, 2.45) is 0 Å². The van der Waals surface area contributed by atoms with Crippen molar-refractivity contribution in [1.29, 1.82) is 0 Å². The lowest BCUT2D eigenvalue weighted by molar-refractivity contribution is 0.450. The molecule has 0 saturated heterocycles.